The van der Waals surface area contributed by atoms with E-state index in [-0.39, 0.29) is 18.0 Å². The van der Waals surface area contributed by atoms with Gasteiger partial charge in [0.25, 0.3) is 5.56 Å². The Bertz CT molecular complexity index is 833. The Hall–Kier alpha value is -1.69. The van der Waals surface area contributed by atoms with E-state index in [1.165, 1.54) is 34.3 Å². The van der Waals surface area contributed by atoms with Crippen molar-refractivity contribution in [2.75, 3.05) is 7.05 Å². The van der Waals surface area contributed by atoms with Crippen LogP contribution >= 0.6 is 11.3 Å². The van der Waals surface area contributed by atoms with Gasteiger partial charge in [0.1, 0.15) is 11.4 Å². The lowest BCUT2D eigenvalue weighted by atomic mass is 9.94. The summed E-state index contributed by atoms with van der Waals surface area (Å²) >= 11 is 1.64. The molecule has 1 saturated carbocycles. The number of carbonyl (C=O) groups excluding carboxylic acids is 1. The Morgan fingerprint density at radius 1 is 1.29 bits per heavy atom. The maximum absolute atomic E-state index is 12.8. The molecule has 128 valence electrons. The van der Waals surface area contributed by atoms with Gasteiger partial charge in [0, 0.05) is 18.0 Å². The van der Waals surface area contributed by atoms with Crippen LogP contribution in [0.25, 0.3) is 10.2 Å². The van der Waals surface area contributed by atoms with Crippen LogP contribution < -0.4 is 5.56 Å². The van der Waals surface area contributed by atoms with E-state index in [1.54, 1.807) is 17.7 Å². The van der Waals surface area contributed by atoms with Gasteiger partial charge in [0.15, 0.2) is 0 Å². The average Bonchev–Trinajstić information content (AvgIpc) is 3.18. The molecular weight excluding hydrogens is 322 g/mol. The van der Waals surface area contributed by atoms with Gasteiger partial charge in [0.2, 0.25) is 5.91 Å². The summed E-state index contributed by atoms with van der Waals surface area (Å²) in [6.45, 7) is 0.0966. The molecule has 0 radical (unpaired) electrons. The van der Waals surface area contributed by atoms with E-state index in [4.69, 9.17) is 0 Å². The Labute approximate surface area is 145 Å². The number of aryl methyl sites for hydroxylation is 2. The lowest BCUT2D eigenvalue weighted by molar-refractivity contribution is -0.133. The number of carbonyl (C=O) groups is 1. The minimum Gasteiger partial charge on any atom is -0.341 e. The SMILES string of the molecule is CN(C(=O)Cn1cnc2sc3c(c2c1=O)CCC3)C1CCCCC1. The second-order valence-corrected chi connectivity index (χ2v) is 8.10. The molecule has 0 spiro atoms. The molecule has 1 amide bonds. The molecule has 0 aromatic carbocycles. The van der Waals surface area contributed by atoms with E-state index in [9.17, 15) is 9.59 Å². The van der Waals surface area contributed by atoms with Crippen molar-refractivity contribution in [2.45, 2.75) is 64.0 Å². The highest BCUT2D eigenvalue weighted by molar-refractivity contribution is 7.18. The van der Waals surface area contributed by atoms with Crippen LogP contribution in [0, 0.1) is 0 Å². The Kier molecular flexibility index (Phi) is 4.16. The highest BCUT2D eigenvalue weighted by Crippen LogP contribution is 2.34. The fourth-order valence-corrected chi connectivity index (χ4v) is 5.28. The van der Waals surface area contributed by atoms with E-state index < -0.39 is 0 Å². The smallest absolute Gasteiger partial charge is 0.262 e. The summed E-state index contributed by atoms with van der Waals surface area (Å²) in [5, 5.41) is 0.753. The fraction of sp³-hybridized carbons (Fsp3) is 0.611. The van der Waals surface area contributed by atoms with Gasteiger partial charge in [-0.25, -0.2) is 4.98 Å². The second-order valence-electron chi connectivity index (χ2n) is 7.01. The van der Waals surface area contributed by atoms with Crippen LogP contribution in [0.4, 0.5) is 0 Å². The van der Waals surface area contributed by atoms with Gasteiger partial charge in [0.05, 0.1) is 11.7 Å². The van der Waals surface area contributed by atoms with Gasteiger partial charge >= 0.3 is 0 Å². The van der Waals surface area contributed by atoms with Crippen molar-refractivity contribution in [1.29, 1.82) is 0 Å². The zero-order chi connectivity index (χ0) is 16.7. The third-order valence-corrected chi connectivity index (χ3v) is 6.71. The first kappa shape index (κ1) is 15.8. The number of hydrogen-bond donors (Lipinski definition) is 0. The quantitative estimate of drug-likeness (QED) is 0.859. The van der Waals surface area contributed by atoms with E-state index in [2.05, 4.69) is 4.98 Å². The maximum atomic E-state index is 12.8. The first-order chi connectivity index (χ1) is 11.6. The summed E-state index contributed by atoms with van der Waals surface area (Å²) in [7, 11) is 1.87. The lowest BCUT2D eigenvalue weighted by Crippen LogP contribution is -2.41. The van der Waals surface area contributed by atoms with E-state index >= 15 is 0 Å². The molecule has 0 aliphatic heterocycles. The zero-order valence-corrected chi connectivity index (χ0v) is 14.9. The number of aromatic nitrogens is 2. The molecule has 24 heavy (non-hydrogen) atoms. The Morgan fingerprint density at radius 2 is 2.08 bits per heavy atom. The molecule has 0 saturated heterocycles. The van der Waals surface area contributed by atoms with Crippen LogP contribution in [0.1, 0.15) is 49.0 Å². The largest absolute Gasteiger partial charge is 0.341 e. The molecule has 2 aromatic heterocycles. The molecule has 0 unspecified atom stereocenters. The molecular formula is C18H23N3O2S. The number of fused-ring (bicyclic) bond motifs is 3. The molecule has 4 rings (SSSR count). The maximum Gasteiger partial charge on any atom is 0.262 e. The lowest BCUT2D eigenvalue weighted by Gasteiger charge is -2.31. The predicted molar refractivity (Wildman–Crippen MR) is 95.5 cm³/mol. The van der Waals surface area contributed by atoms with Gasteiger partial charge in [-0.15, -0.1) is 11.3 Å². The average molecular weight is 345 g/mol. The Balaban J connectivity index is 1.59. The first-order valence-electron chi connectivity index (χ1n) is 8.90. The molecule has 0 atom stereocenters. The molecule has 2 aromatic rings. The predicted octanol–water partition coefficient (Wildman–Crippen LogP) is 2.74. The third kappa shape index (κ3) is 2.66. The van der Waals surface area contributed by atoms with Crippen molar-refractivity contribution < 1.29 is 4.79 Å². The number of likely N-dealkylation sites (N-methyl/N-ethyl adjacent to an activating group) is 1. The van der Waals surface area contributed by atoms with Crippen LogP contribution in [0.3, 0.4) is 0 Å². The van der Waals surface area contributed by atoms with E-state index in [0.29, 0.717) is 6.04 Å². The van der Waals surface area contributed by atoms with E-state index in [0.717, 1.165) is 42.3 Å². The third-order valence-electron chi connectivity index (χ3n) is 5.51. The molecule has 2 aliphatic rings. The van der Waals surface area contributed by atoms with Crippen molar-refractivity contribution in [3.63, 3.8) is 0 Å². The van der Waals surface area contributed by atoms with Gasteiger partial charge < -0.3 is 4.90 Å². The van der Waals surface area contributed by atoms with Crippen LogP contribution in [0.2, 0.25) is 0 Å². The molecule has 2 heterocycles. The number of rotatable bonds is 3. The molecule has 0 N–H and O–H groups in total. The number of amides is 1. The van der Waals surface area contributed by atoms with Crippen molar-refractivity contribution >= 4 is 27.5 Å². The zero-order valence-electron chi connectivity index (χ0n) is 14.1. The molecule has 0 bridgehead atoms. The summed E-state index contributed by atoms with van der Waals surface area (Å²) in [4.78, 5) is 33.9. The van der Waals surface area contributed by atoms with Crippen LogP contribution in [-0.4, -0.2) is 33.4 Å². The summed E-state index contributed by atoms with van der Waals surface area (Å²) in [6, 6.07) is 0.323. The number of thiophene rings is 1. The Morgan fingerprint density at radius 3 is 2.88 bits per heavy atom. The van der Waals surface area contributed by atoms with Gasteiger partial charge in [-0.1, -0.05) is 19.3 Å². The first-order valence-corrected chi connectivity index (χ1v) is 9.72. The summed E-state index contributed by atoms with van der Waals surface area (Å²) in [6.07, 6.45) is 10.5. The molecule has 5 nitrogen and oxygen atoms in total. The van der Waals surface area contributed by atoms with Crippen molar-refractivity contribution in [2.24, 2.45) is 0 Å². The van der Waals surface area contributed by atoms with Crippen molar-refractivity contribution in [3.05, 3.63) is 27.1 Å². The fourth-order valence-electron chi connectivity index (χ4n) is 4.06. The van der Waals surface area contributed by atoms with Crippen LogP contribution in [0.5, 0.6) is 0 Å². The van der Waals surface area contributed by atoms with Crippen LogP contribution in [0.15, 0.2) is 11.1 Å². The monoisotopic (exact) mass is 345 g/mol. The van der Waals surface area contributed by atoms with Crippen molar-refractivity contribution in [1.82, 2.24) is 14.5 Å². The van der Waals surface area contributed by atoms with Gasteiger partial charge in [-0.2, -0.15) is 0 Å². The van der Waals surface area contributed by atoms with Crippen molar-refractivity contribution in [3.8, 4) is 0 Å². The summed E-state index contributed by atoms with van der Waals surface area (Å²) in [5.41, 5.74) is 1.12. The standard InChI is InChI=1S/C18H23N3O2S/c1-20(12-6-3-2-4-7-12)15(22)10-21-11-19-17-16(18(21)23)13-8-5-9-14(13)24-17/h11-12H,2-10H2,1H3. The van der Waals surface area contributed by atoms with Crippen LogP contribution in [-0.2, 0) is 24.2 Å². The highest BCUT2D eigenvalue weighted by Gasteiger charge is 2.24. The summed E-state index contributed by atoms with van der Waals surface area (Å²) in [5.74, 6) is 0.0111. The molecule has 6 heteroatoms. The second kappa shape index (κ2) is 6.31. The molecule has 2 aliphatic carbocycles. The summed E-state index contributed by atoms with van der Waals surface area (Å²) < 4.78 is 1.50. The highest BCUT2D eigenvalue weighted by atomic mass is 32.1. The molecule has 1 fully saturated rings. The normalized spacial score (nSPS) is 18.0. The minimum absolute atomic E-state index is 0.0111. The minimum atomic E-state index is -0.0511. The van der Waals surface area contributed by atoms with Gasteiger partial charge in [-0.05, 0) is 37.7 Å². The number of hydrogen-bond acceptors (Lipinski definition) is 4. The van der Waals surface area contributed by atoms with E-state index in [1.807, 2.05) is 11.9 Å². The topological polar surface area (TPSA) is 55.2 Å². The number of nitrogens with zero attached hydrogens (tertiary/aromatic N) is 3. The van der Waals surface area contributed by atoms with Gasteiger partial charge in [-0.3, -0.25) is 14.2 Å².